The van der Waals surface area contributed by atoms with Crippen molar-refractivity contribution < 1.29 is 0 Å². The van der Waals surface area contributed by atoms with Crippen LogP contribution in [0.4, 0.5) is 5.82 Å². The van der Waals surface area contributed by atoms with E-state index in [0.29, 0.717) is 6.54 Å². The number of nitrogens with two attached hydrogens (primary N) is 1. The van der Waals surface area contributed by atoms with E-state index >= 15 is 0 Å². The second kappa shape index (κ2) is 5.84. The Labute approximate surface area is 118 Å². The Kier molecular flexibility index (Phi) is 3.74. The van der Waals surface area contributed by atoms with Gasteiger partial charge >= 0.3 is 0 Å². The molecule has 2 N–H and O–H groups in total. The smallest absolute Gasteiger partial charge is 0.149 e. The Morgan fingerprint density at radius 1 is 1.10 bits per heavy atom. The van der Waals surface area contributed by atoms with Crippen LogP contribution >= 0.6 is 0 Å². The minimum absolute atomic E-state index is 0.215. The fourth-order valence-electron chi connectivity index (χ4n) is 2.53. The van der Waals surface area contributed by atoms with Crippen molar-refractivity contribution in [3.05, 3.63) is 60.3 Å². The van der Waals surface area contributed by atoms with Gasteiger partial charge in [-0.3, -0.25) is 0 Å². The maximum Gasteiger partial charge on any atom is 0.149 e. The summed E-state index contributed by atoms with van der Waals surface area (Å²) < 4.78 is 0. The molecule has 1 unspecified atom stereocenters. The van der Waals surface area contributed by atoms with Crippen molar-refractivity contribution in [3.8, 4) is 0 Å². The molecular weight excluding hydrogens is 248 g/mol. The van der Waals surface area contributed by atoms with E-state index in [0.717, 1.165) is 24.4 Å². The summed E-state index contributed by atoms with van der Waals surface area (Å²) in [6, 6.07) is 16.5. The average Bonchev–Trinajstić information content (AvgIpc) is 2.93. The molecule has 0 bridgehead atoms. The first-order valence-electron chi connectivity index (χ1n) is 6.90. The number of aromatic nitrogens is 1. The SMILES string of the molecule is NCCC1=NN(c2ccccn2)C(c2ccccc2)C1. The van der Waals surface area contributed by atoms with Gasteiger partial charge in [-0.15, -0.1) is 0 Å². The summed E-state index contributed by atoms with van der Waals surface area (Å²) >= 11 is 0. The van der Waals surface area contributed by atoms with Crippen molar-refractivity contribution in [1.82, 2.24) is 4.98 Å². The lowest BCUT2D eigenvalue weighted by molar-refractivity contribution is 0.698. The van der Waals surface area contributed by atoms with E-state index < -0.39 is 0 Å². The molecule has 0 fully saturated rings. The molecule has 20 heavy (non-hydrogen) atoms. The van der Waals surface area contributed by atoms with E-state index in [1.807, 2.05) is 29.3 Å². The van der Waals surface area contributed by atoms with Crippen molar-refractivity contribution in [1.29, 1.82) is 0 Å². The number of benzene rings is 1. The van der Waals surface area contributed by atoms with E-state index in [1.165, 1.54) is 5.56 Å². The van der Waals surface area contributed by atoms with E-state index in [4.69, 9.17) is 10.8 Å². The molecule has 4 nitrogen and oxygen atoms in total. The first-order chi connectivity index (χ1) is 9.88. The van der Waals surface area contributed by atoms with Crippen LogP contribution in [-0.2, 0) is 0 Å². The van der Waals surface area contributed by atoms with E-state index in [1.54, 1.807) is 6.20 Å². The summed E-state index contributed by atoms with van der Waals surface area (Å²) in [7, 11) is 0. The maximum atomic E-state index is 5.66. The van der Waals surface area contributed by atoms with Gasteiger partial charge in [0.15, 0.2) is 0 Å². The number of anilines is 1. The summed E-state index contributed by atoms with van der Waals surface area (Å²) in [5, 5.41) is 6.73. The molecule has 0 radical (unpaired) electrons. The average molecular weight is 266 g/mol. The van der Waals surface area contributed by atoms with E-state index in [2.05, 4.69) is 29.2 Å². The number of nitrogens with zero attached hydrogens (tertiary/aromatic N) is 3. The minimum atomic E-state index is 0.215. The van der Waals surface area contributed by atoms with Gasteiger partial charge in [0, 0.05) is 18.3 Å². The number of hydrogen-bond acceptors (Lipinski definition) is 4. The number of pyridine rings is 1. The lowest BCUT2D eigenvalue weighted by atomic mass is 10.0. The molecule has 0 saturated heterocycles. The second-order valence-electron chi connectivity index (χ2n) is 4.87. The summed E-state index contributed by atoms with van der Waals surface area (Å²) in [4.78, 5) is 4.42. The maximum absolute atomic E-state index is 5.66. The van der Waals surface area contributed by atoms with Gasteiger partial charge in [-0.2, -0.15) is 5.10 Å². The Hall–Kier alpha value is -2.20. The second-order valence-corrected chi connectivity index (χ2v) is 4.87. The molecule has 3 rings (SSSR count). The number of hydrazone groups is 1. The highest BCUT2D eigenvalue weighted by atomic mass is 15.5. The molecular formula is C16H18N4. The van der Waals surface area contributed by atoms with E-state index in [9.17, 15) is 0 Å². The molecule has 2 aromatic rings. The summed E-state index contributed by atoms with van der Waals surface area (Å²) in [6.45, 7) is 0.635. The number of rotatable bonds is 4. The van der Waals surface area contributed by atoms with Crippen LogP contribution in [0.3, 0.4) is 0 Å². The normalized spacial score (nSPS) is 18.1. The van der Waals surface area contributed by atoms with Crippen LogP contribution in [0.5, 0.6) is 0 Å². The third-order valence-electron chi connectivity index (χ3n) is 3.47. The Morgan fingerprint density at radius 2 is 1.90 bits per heavy atom. The predicted molar refractivity (Wildman–Crippen MR) is 81.6 cm³/mol. The molecule has 1 aliphatic rings. The Bertz CT molecular complexity index is 580. The van der Waals surface area contributed by atoms with Gasteiger partial charge in [0.2, 0.25) is 0 Å². The van der Waals surface area contributed by atoms with Crippen LogP contribution in [0.25, 0.3) is 0 Å². The molecule has 1 atom stereocenters. The third-order valence-corrected chi connectivity index (χ3v) is 3.47. The van der Waals surface area contributed by atoms with E-state index in [-0.39, 0.29) is 6.04 Å². The molecule has 0 saturated carbocycles. The molecule has 0 aliphatic carbocycles. The predicted octanol–water partition coefficient (Wildman–Crippen LogP) is 2.74. The molecule has 0 amide bonds. The highest BCUT2D eigenvalue weighted by molar-refractivity contribution is 5.88. The summed E-state index contributed by atoms with van der Waals surface area (Å²) in [6.07, 6.45) is 3.55. The van der Waals surface area contributed by atoms with Gasteiger partial charge < -0.3 is 5.73 Å². The monoisotopic (exact) mass is 266 g/mol. The van der Waals surface area contributed by atoms with Gasteiger partial charge in [-0.25, -0.2) is 9.99 Å². The lowest BCUT2D eigenvalue weighted by Crippen LogP contribution is -2.19. The van der Waals surface area contributed by atoms with Gasteiger partial charge in [-0.05, 0) is 30.7 Å². The molecule has 4 heteroatoms. The fraction of sp³-hybridized carbons (Fsp3) is 0.250. The van der Waals surface area contributed by atoms with Crippen LogP contribution < -0.4 is 10.7 Å². The molecule has 0 spiro atoms. The minimum Gasteiger partial charge on any atom is -0.330 e. The first-order valence-corrected chi connectivity index (χ1v) is 6.90. The molecule has 1 aromatic carbocycles. The van der Waals surface area contributed by atoms with Gasteiger partial charge in [0.25, 0.3) is 0 Å². The van der Waals surface area contributed by atoms with Crippen molar-refractivity contribution >= 4 is 11.5 Å². The highest BCUT2D eigenvalue weighted by Gasteiger charge is 2.29. The van der Waals surface area contributed by atoms with Crippen LogP contribution in [0.2, 0.25) is 0 Å². The largest absolute Gasteiger partial charge is 0.330 e. The van der Waals surface area contributed by atoms with Crippen molar-refractivity contribution in [2.75, 3.05) is 11.6 Å². The zero-order chi connectivity index (χ0) is 13.8. The van der Waals surface area contributed by atoms with Crippen LogP contribution in [-0.4, -0.2) is 17.2 Å². The standard InChI is InChI=1S/C16H18N4/c17-10-9-14-12-15(13-6-2-1-3-7-13)20(19-14)16-8-4-5-11-18-16/h1-8,11,15H,9-10,12,17H2. The fourth-order valence-corrected chi connectivity index (χ4v) is 2.53. The highest BCUT2D eigenvalue weighted by Crippen LogP contribution is 2.34. The van der Waals surface area contributed by atoms with Crippen molar-refractivity contribution in [2.45, 2.75) is 18.9 Å². The zero-order valence-electron chi connectivity index (χ0n) is 11.3. The van der Waals surface area contributed by atoms with Crippen LogP contribution in [0.15, 0.2) is 59.8 Å². The molecule has 1 aromatic heterocycles. The van der Waals surface area contributed by atoms with Crippen molar-refractivity contribution in [2.24, 2.45) is 10.8 Å². The van der Waals surface area contributed by atoms with Crippen LogP contribution in [0, 0.1) is 0 Å². The topological polar surface area (TPSA) is 54.5 Å². The third kappa shape index (κ3) is 2.56. The molecule has 102 valence electrons. The quantitative estimate of drug-likeness (QED) is 0.925. The number of hydrogen-bond donors (Lipinski definition) is 1. The molecule has 1 aliphatic heterocycles. The van der Waals surface area contributed by atoms with Gasteiger partial charge in [-0.1, -0.05) is 36.4 Å². The first kappa shape index (κ1) is 12.8. The Morgan fingerprint density at radius 3 is 2.60 bits per heavy atom. The van der Waals surface area contributed by atoms with Crippen LogP contribution in [0.1, 0.15) is 24.4 Å². The van der Waals surface area contributed by atoms with Gasteiger partial charge in [0.05, 0.1) is 6.04 Å². The zero-order valence-corrected chi connectivity index (χ0v) is 11.3. The van der Waals surface area contributed by atoms with Crippen molar-refractivity contribution in [3.63, 3.8) is 0 Å². The Balaban J connectivity index is 1.93. The molecule has 2 heterocycles. The van der Waals surface area contributed by atoms with Gasteiger partial charge in [0.1, 0.15) is 5.82 Å². The summed E-state index contributed by atoms with van der Waals surface area (Å²) in [5.74, 6) is 0.883. The lowest BCUT2D eigenvalue weighted by Gasteiger charge is -2.22. The summed E-state index contributed by atoms with van der Waals surface area (Å²) in [5.41, 5.74) is 8.07.